The summed E-state index contributed by atoms with van der Waals surface area (Å²) in [7, 11) is 4.37. The highest BCUT2D eigenvalue weighted by atomic mass is 15.2. The first-order valence-corrected chi connectivity index (χ1v) is 6.86. The molecule has 1 unspecified atom stereocenters. The van der Waals surface area contributed by atoms with Gasteiger partial charge >= 0.3 is 0 Å². The molecule has 0 bridgehead atoms. The van der Waals surface area contributed by atoms with Crippen LogP contribution in [0, 0.1) is 5.41 Å². The fourth-order valence-electron chi connectivity index (χ4n) is 2.90. The van der Waals surface area contributed by atoms with E-state index in [0.717, 1.165) is 12.6 Å². The molecule has 0 aromatic carbocycles. The fourth-order valence-corrected chi connectivity index (χ4v) is 2.90. The van der Waals surface area contributed by atoms with Gasteiger partial charge in [0, 0.05) is 18.6 Å². The molecule has 1 N–H and O–H groups in total. The van der Waals surface area contributed by atoms with E-state index in [-0.39, 0.29) is 0 Å². The summed E-state index contributed by atoms with van der Waals surface area (Å²) in [4.78, 5) is 2.62. The lowest BCUT2D eigenvalue weighted by Gasteiger charge is -2.41. The highest BCUT2D eigenvalue weighted by Gasteiger charge is 2.30. The Hall–Kier alpha value is -0.0800. The Bertz CT molecular complexity index is 191. The third-order valence-electron chi connectivity index (χ3n) is 4.37. The van der Waals surface area contributed by atoms with E-state index in [2.05, 4.69) is 45.1 Å². The Labute approximate surface area is 102 Å². The zero-order chi connectivity index (χ0) is 12.2. The summed E-state index contributed by atoms with van der Waals surface area (Å²) >= 11 is 0. The van der Waals surface area contributed by atoms with Crippen molar-refractivity contribution in [1.82, 2.24) is 10.2 Å². The highest BCUT2D eigenvalue weighted by molar-refractivity contribution is 4.85. The first-order valence-electron chi connectivity index (χ1n) is 6.86. The zero-order valence-corrected chi connectivity index (χ0v) is 11.8. The van der Waals surface area contributed by atoms with Crippen LogP contribution < -0.4 is 5.32 Å². The van der Waals surface area contributed by atoms with Gasteiger partial charge in [-0.3, -0.25) is 4.90 Å². The largest absolute Gasteiger partial charge is 0.318 e. The number of hydrogen-bond acceptors (Lipinski definition) is 2. The van der Waals surface area contributed by atoms with E-state index < -0.39 is 0 Å². The predicted octanol–water partition coefficient (Wildman–Crippen LogP) is 2.89. The summed E-state index contributed by atoms with van der Waals surface area (Å²) in [6.07, 6.45) is 6.78. The molecule has 0 spiro atoms. The Kier molecular flexibility index (Phi) is 5.26. The van der Waals surface area contributed by atoms with E-state index in [1.807, 2.05) is 0 Å². The van der Waals surface area contributed by atoms with Gasteiger partial charge in [-0.25, -0.2) is 0 Å². The van der Waals surface area contributed by atoms with Crippen LogP contribution >= 0.6 is 0 Å². The zero-order valence-electron chi connectivity index (χ0n) is 11.8. The van der Waals surface area contributed by atoms with Crippen LogP contribution in [0.25, 0.3) is 0 Å². The maximum Gasteiger partial charge on any atom is 0.0217 e. The molecule has 0 radical (unpaired) electrons. The molecule has 0 aromatic heterocycles. The molecule has 0 saturated heterocycles. The number of hydrogen-bond donors (Lipinski definition) is 1. The second-order valence-corrected chi connectivity index (χ2v) is 6.18. The standard InChI is InChI=1S/C14H30N2/c1-6-12(11-15-4)16(5)13-7-9-14(2,3)10-8-13/h12-13,15H,6-11H2,1-5H3. The van der Waals surface area contributed by atoms with Crippen LogP contribution in [0.4, 0.5) is 0 Å². The van der Waals surface area contributed by atoms with Crippen molar-refractivity contribution in [2.75, 3.05) is 20.6 Å². The van der Waals surface area contributed by atoms with E-state index in [1.165, 1.54) is 32.1 Å². The maximum absolute atomic E-state index is 3.31. The molecule has 0 heterocycles. The maximum atomic E-state index is 3.31. The summed E-state index contributed by atoms with van der Waals surface area (Å²) in [5.74, 6) is 0. The van der Waals surface area contributed by atoms with Gasteiger partial charge in [-0.05, 0) is 51.6 Å². The van der Waals surface area contributed by atoms with Crippen LogP contribution in [0.2, 0.25) is 0 Å². The molecule has 96 valence electrons. The van der Waals surface area contributed by atoms with Crippen LogP contribution in [0.3, 0.4) is 0 Å². The predicted molar refractivity (Wildman–Crippen MR) is 71.8 cm³/mol. The molecule has 1 rings (SSSR count). The molecule has 0 amide bonds. The first kappa shape index (κ1) is 14.0. The van der Waals surface area contributed by atoms with Gasteiger partial charge < -0.3 is 5.32 Å². The topological polar surface area (TPSA) is 15.3 Å². The Balaban J connectivity index is 2.45. The van der Waals surface area contributed by atoms with E-state index in [4.69, 9.17) is 0 Å². The van der Waals surface area contributed by atoms with Crippen molar-refractivity contribution >= 4 is 0 Å². The van der Waals surface area contributed by atoms with E-state index in [9.17, 15) is 0 Å². The van der Waals surface area contributed by atoms with Gasteiger partial charge in [0.25, 0.3) is 0 Å². The average molecular weight is 226 g/mol. The first-order chi connectivity index (χ1) is 7.50. The molecular formula is C14H30N2. The van der Waals surface area contributed by atoms with Gasteiger partial charge in [0.05, 0.1) is 0 Å². The van der Waals surface area contributed by atoms with Gasteiger partial charge in [0.15, 0.2) is 0 Å². The molecule has 1 saturated carbocycles. The molecule has 2 nitrogen and oxygen atoms in total. The minimum absolute atomic E-state index is 0.585. The number of likely N-dealkylation sites (N-methyl/N-ethyl adjacent to an activating group) is 2. The van der Waals surface area contributed by atoms with Crippen molar-refractivity contribution in [3.63, 3.8) is 0 Å². The van der Waals surface area contributed by atoms with Crippen molar-refractivity contribution < 1.29 is 0 Å². The lowest BCUT2D eigenvalue weighted by molar-refractivity contribution is 0.0925. The summed E-state index contributed by atoms with van der Waals surface area (Å²) in [5.41, 5.74) is 0.585. The average Bonchev–Trinajstić information content (AvgIpc) is 2.25. The van der Waals surface area contributed by atoms with Crippen molar-refractivity contribution in [2.45, 2.75) is 65.0 Å². The number of rotatable bonds is 5. The van der Waals surface area contributed by atoms with Crippen LogP contribution in [0.5, 0.6) is 0 Å². The Morgan fingerprint density at radius 2 is 1.88 bits per heavy atom. The van der Waals surface area contributed by atoms with Crippen LogP contribution in [0.1, 0.15) is 52.9 Å². The van der Waals surface area contributed by atoms with Gasteiger partial charge in [0.1, 0.15) is 0 Å². The summed E-state index contributed by atoms with van der Waals surface area (Å²) in [5, 5.41) is 3.31. The van der Waals surface area contributed by atoms with E-state index in [0.29, 0.717) is 11.5 Å². The monoisotopic (exact) mass is 226 g/mol. The SMILES string of the molecule is CCC(CNC)N(C)C1CCC(C)(C)CC1. The summed E-state index contributed by atoms with van der Waals surface area (Å²) in [6, 6.07) is 1.52. The van der Waals surface area contributed by atoms with Gasteiger partial charge in [-0.2, -0.15) is 0 Å². The smallest absolute Gasteiger partial charge is 0.0217 e. The van der Waals surface area contributed by atoms with E-state index >= 15 is 0 Å². The fraction of sp³-hybridized carbons (Fsp3) is 1.00. The summed E-state index contributed by atoms with van der Waals surface area (Å²) < 4.78 is 0. The molecule has 1 aliphatic rings. The Morgan fingerprint density at radius 3 is 2.31 bits per heavy atom. The number of nitrogens with one attached hydrogen (secondary N) is 1. The van der Waals surface area contributed by atoms with Gasteiger partial charge in [-0.15, -0.1) is 0 Å². The third kappa shape index (κ3) is 3.74. The quantitative estimate of drug-likeness (QED) is 0.775. The minimum Gasteiger partial charge on any atom is -0.318 e. The minimum atomic E-state index is 0.585. The molecule has 0 aliphatic heterocycles. The molecule has 1 aliphatic carbocycles. The molecule has 1 atom stereocenters. The van der Waals surface area contributed by atoms with Gasteiger partial charge in [0.2, 0.25) is 0 Å². The second-order valence-electron chi connectivity index (χ2n) is 6.18. The lowest BCUT2D eigenvalue weighted by atomic mass is 9.75. The molecular weight excluding hydrogens is 196 g/mol. The second kappa shape index (κ2) is 6.02. The Morgan fingerprint density at radius 1 is 1.31 bits per heavy atom. The third-order valence-corrected chi connectivity index (χ3v) is 4.37. The van der Waals surface area contributed by atoms with Crippen LogP contribution in [-0.2, 0) is 0 Å². The van der Waals surface area contributed by atoms with Crippen LogP contribution in [0.15, 0.2) is 0 Å². The van der Waals surface area contributed by atoms with Crippen molar-refractivity contribution in [3.8, 4) is 0 Å². The molecule has 2 heteroatoms. The summed E-state index contributed by atoms with van der Waals surface area (Å²) in [6.45, 7) is 8.24. The molecule has 0 aromatic rings. The lowest BCUT2D eigenvalue weighted by Crippen LogP contribution is -2.46. The highest BCUT2D eigenvalue weighted by Crippen LogP contribution is 2.37. The van der Waals surface area contributed by atoms with Crippen molar-refractivity contribution in [2.24, 2.45) is 5.41 Å². The van der Waals surface area contributed by atoms with Gasteiger partial charge in [-0.1, -0.05) is 20.8 Å². The van der Waals surface area contributed by atoms with Crippen molar-refractivity contribution in [1.29, 1.82) is 0 Å². The van der Waals surface area contributed by atoms with Crippen molar-refractivity contribution in [3.05, 3.63) is 0 Å². The molecule has 16 heavy (non-hydrogen) atoms. The van der Waals surface area contributed by atoms with E-state index in [1.54, 1.807) is 0 Å². The normalized spacial score (nSPS) is 23.6. The van der Waals surface area contributed by atoms with Crippen LogP contribution in [-0.4, -0.2) is 37.6 Å². The number of nitrogens with zero attached hydrogens (tertiary/aromatic N) is 1. The molecule has 1 fully saturated rings.